The molecule has 0 spiro atoms. The molecular weight excluding hydrogens is 336 g/mol. The van der Waals surface area contributed by atoms with Gasteiger partial charge >= 0.3 is 0 Å². The lowest BCUT2D eigenvalue weighted by Crippen LogP contribution is -2.39. The summed E-state index contributed by atoms with van der Waals surface area (Å²) >= 11 is 1.72. The second-order valence-electron chi connectivity index (χ2n) is 6.51. The molecule has 2 aromatic heterocycles. The normalized spacial score (nSPS) is 17.5. The van der Waals surface area contributed by atoms with Crippen LogP contribution in [0.4, 0.5) is 5.69 Å². The van der Waals surface area contributed by atoms with E-state index in [1.807, 2.05) is 6.07 Å². The molecule has 1 fully saturated rings. The molecule has 1 aliphatic heterocycles. The molecule has 0 bridgehead atoms. The lowest BCUT2D eigenvalue weighted by atomic mass is 9.94. The van der Waals surface area contributed by atoms with Crippen LogP contribution in [0, 0.1) is 5.92 Å². The summed E-state index contributed by atoms with van der Waals surface area (Å²) in [6.07, 6.45) is 5.23. The van der Waals surface area contributed by atoms with Crippen molar-refractivity contribution in [2.45, 2.75) is 25.7 Å². The average molecular weight is 360 g/mol. The standard InChI is InChI=1S/C18H24N4O2S/c1-21-18(24)11-15(12-20-21)22-8-2-4-14(13-22)10-17(23)19-7-6-16-5-3-9-25-16/h3,5,9,11-12,14H,2,4,6-8,10,13H2,1H3,(H,19,23). The highest BCUT2D eigenvalue weighted by Crippen LogP contribution is 2.23. The Labute approximate surface area is 151 Å². The number of hydrogen-bond donors (Lipinski definition) is 1. The maximum Gasteiger partial charge on any atom is 0.268 e. The van der Waals surface area contributed by atoms with Gasteiger partial charge in [0.25, 0.3) is 5.56 Å². The summed E-state index contributed by atoms with van der Waals surface area (Å²) in [4.78, 5) is 27.4. The molecule has 1 saturated heterocycles. The summed E-state index contributed by atoms with van der Waals surface area (Å²) in [7, 11) is 1.64. The van der Waals surface area contributed by atoms with Crippen molar-refractivity contribution in [3.8, 4) is 0 Å². The van der Waals surface area contributed by atoms with Gasteiger partial charge in [0.05, 0.1) is 11.9 Å². The smallest absolute Gasteiger partial charge is 0.268 e. The van der Waals surface area contributed by atoms with Crippen molar-refractivity contribution in [2.75, 3.05) is 24.5 Å². The number of anilines is 1. The molecule has 6 nitrogen and oxygen atoms in total. The van der Waals surface area contributed by atoms with E-state index < -0.39 is 0 Å². The molecule has 134 valence electrons. The second kappa shape index (κ2) is 8.29. The zero-order valence-electron chi connectivity index (χ0n) is 14.5. The lowest BCUT2D eigenvalue weighted by molar-refractivity contribution is -0.122. The third-order valence-electron chi connectivity index (χ3n) is 4.59. The Balaban J connectivity index is 1.48. The Bertz CT molecular complexity index is 757. The second-order valence-corrected chi connectivity index (χ2v) is 7.55. The van der Waals surface area contributed by atoms with Crippen molar-refractivity contribution in [3.63, 3.8) is 0 Å². The number of rotatable bonds is 6. The van der Waals surface area contributed by atoms with Crippen molar-refractivity contribution in [1.29, 1.82) is 0 Å². The number of piperidine rings is 1. The van der Waals surface area contributed by atoms with Crippen LogP contribution in [-0.2, 0) is 18.3 Å². The molecule has 3 heterocycles. The molecular formula is C18H24N4O2S. The molecule has 1 N–H and O–H groups in total. The fourth-order valence-corrected chi connectivity index (χ4v) is 3.92. The maximum absolute atomic E-state index is 12.2. The van der Waals surface area contributed by atoms with Gasteiger partial charge in [0.15, 0.2) is 0 Å². The zero-order chi connectivity index (χ0) is 17.6. The van der Waals surface area contributed by atoms with Gasteiger partial charge in [-0.15, -0.1) is 11.3 Å². The fraction of sp³-hybridized carbons (Fsp3) is 0.500. The number of thiophene rings is 1. The van der Waals surface area contributed by atoms with Gasteiger partial charge in [-0.25, -0.2) is 4.68 Å². The molecule has 0 aliphatic carbocycles. The molecule has 1 unspecified atom stereocenters. The Morgan fingerprint density at radius 3 is 3.12 bits per heavy atom. The van der Waals surface area contributed by atoms with E-state index in [4.69, 9.17) is 0 Å². The summed E-state index contributed by atoms with van der Waals surface area (Å²) in [6.45, 7) is 2.40. The molecule has 3 rings (SSSR count). The minimum absolute atomic E-state index is 0.106. The van der Waals surface area contributed by atoms with Crippen LogP contribution >= 0.6 is 11.3 Å². The van der Waals surface area contributed by atoms with Crippen LogP contribution in [-0.4, -0.2) is 35.3 Å². The number of amides is 1. The van der Waals surface area contributed by atoms with Gasteiger partial charge in [0.2, 0.25) is 5.91 Å². The molecule has 7 heteroatoms. The van der Waals surface area contributed by atoms with Crippen LogP contribution in [0.15, 0.2) is 34.6 Å². The predicted octanol–water partition coefficient (Wildman–Crippen LogP) is 1.81. The highest BCUT2D eigenvalue weighted by molar-refractivity contribution is 7.09. The van der Waals surface area contributed by atoms with Gasteiger partial charge < -0.3 is 10.2 Å². The Hall–Kier alpha value is -2.15. The summed E-state index contributed by atoms with van der Waals surface area (Å²) in [5.74, 6) is 0.435. The first-order chi connectivity index (χ1) is 12.1. The number of nitrogens with one attached hydrogen (secondary N) is 1. The van der Waals surface area contributed by atoms with Crippen molar-refractivity contribution in [3.05, 3.63) is 45.0 Å². The van der Waals surface area contributed by atoms with Gasteiger partial charge in [0, 0.05) is 44.0 Å². The Kier molecular flexibility index (Phi) is 5.86. The zero-order valence-corrected chi connectivity index (χ0v) is 15.3. The molecule has 0 aromatic carbocycles. The maximum atomic E-state index is 12.2. The van der Waals surface area contributed by atoms with Crippen LogP contribution in [0.5, 0.6) is 0 Å². The molecule has 0 radical (unpaired) electrons. The minimum atomic E-state index is -0.106. The average Bonchev–Trinajstić information content (AvgIpc) is 3.11. The van der Waals surface area contributed by atoms with Crippen molar-refractivity contribution in [1.82, 2.24) is 15.1 Å². The van der Waals surface area contributed by atoms with Gasteiger partial charge in [-0.05, 0) is 36.6 Å². The first-order valence-electron chi connectivity index (χ1n) is 8.69. The van der Waals surface area contributed by atoms with E-state index in [2.05, 4.69) is 26.8 Å². The van der Waals surface area contributed by atoms with Crippen LogP contribution in [0.3, 0.4) is 0 Å². The fourth-order valence-electron chi connectivity index (χ4n) is 3.21. The highest BCUT2D eigenvalue weighted by atomic mass is 32.1. The molecule has 2 aromatic rings. The van der Waals surface area contributed by atoms with E-state index in [1.54, 1.807) is 30.6 Å². The van der Waals surface area contributed by atoms with Gasteiger partial charge in [-0.2, -0.15) is 5.10 Å². The number of hydrogen-bond acceptors (Lipinski definition) is 5. The SMILES string of the molecule is Cn1ncc(N2CCCC(CC(=O)NCCc3cccs3)C2)cc1=O. The monoisotopic (exact) mass is 360 g/mol. The number of carbonyl (C=O) groups excluding carboxylic acids is 1. The topological polar surface area (TPSA) is 67.2 Å². The third kappa shape index (κ3) is 4.92. The summed E-state index contributed by atoms with van der Waals surface area (Å²) in [6, 6.07) is 5.74. The van der Waals surface area contributed by atoms with E-state index in [9.17, 15) is 9.59 Å². The number of aromatic nitrogens is 2. The molecule has 25 heavy (non-hydrogen) atoms. The minimum Gasteiger partial charge on any atom is -0.370 e. The lowest BCUT2D eigenvalue weighted by Gasteiger charge is -2.33. The quantitative estimate of drug-likeness (QED) is 0.853. The van der Waals surface area contributed by atoms with E-state index in [1.165, 1.54) is 9.56 Å². The van der Waals surface area contributed by atoms with Crippen LogP contribution in [0.2, 0.25) is 0 Å². The van der Waals surface area contributed by atoms with Crippen LogP contribution < -0.4 is 15.8 Å². The van der Waals surface area contributed by atoms with Crippen molar-refractivity contribution in [2.24, 2.45) is 13.0 Å². The molecule has 1 amide bonds. The molecule has 1 atom stereocenters. The van der Waals surface area contributed by atoms with E-state index >= 15 is 0 Å². The predicted molar refractivity (Wildman–Crippen MR) is 100 cm³/mol. The number of nitrogens with zero attached hydrogens (tertiary/aromatic N) is 3. The Morgan fingerprint density at radius 1 is 1.48 bits per heavy atom. The van der Waals surface area contributed by atoms with E-state index in [0.717, 1.165) is 38.0 Å². The van der Waals surface area contributed by atoms with Gasteiger partial charge in [-0.1, -0.05) is 6.07 Å². The third-order valence-corrected chi connectivity index (χ3v) is 5.52. The largest absolute Gasteiger partial charge is 0.370 e. The number of aryl methyl sites for hydroxylation is 1. The van der Waals surface area contributed by atoms with E-state index in [-0.39, 0.29) is 11.5 Å². The summed E-state index contributed by atoms with van der Waals surface area (Å²) < 4.78 is 1.33. The summed E-state index contributed by atoms with van der Waals surface area (Å²) in [5.41, 5.74) is 0.747. The van der Waals surface area contributed by atoms with Gasteiger partial charge in [0.1, 0.15) is 0 Å². The summed E-state index contributed by atoms with van der Waals surface area (Å²) in [5, 5.41) is 9.17. The van der Waals surface area contributed by atoms with Crippen LogP contribution in [0.1, 0.15) is 24.1 Å². The molecule has 0 saturated carbocycles. The van der Waals surface area contributed by atoms with Crippen molar-refractivity contribution >= 4 is 22.9 Å². The first kappa shape index (κ1) is 17.7. The Morgan fingerprint density at radius 2 is 2.36 bits per heavy atom. The van der Waals surface area contributed by atoms with Gasteiger partial charge in [-0.3, -0.25) is 9.59 Å². The highest BCUT2D eigenvalue weighted by Gasteiger charge is 2.23. The van der Waals surface area contributed by atoms with E-state index in [0.29, 0.717) is 18.9 Å². The molecule has 1 aliphatic rings. The van der Waals surface area contributed by atoms with Crippen molar-refractivity contribution < 1.29 is 4.79 Å². The first-order valence-corrected chi connectivity index (χ1v) is 9.57. The van der Waals surface area contributed by atoms with Crippen LogP contribution in [0.25, 0.3) is 0 Å². The number of carbonyl (C=O) groups is 1.